The third-order valence-corrected chi connectivity index (χ3v) is 5.36. The van der Waals surface area contributed by atoms with E-state index in [1.807, 2.05) is 6.92 Å². The maximum Gasteiger partial charge on any atom is 0.410 e. The largest absolute Gasteiger partial charge is 0.441 e. The second-order valence-corrected chi connectivity index (χ2v) is 7.23. The Balaban J connectivity index is 1.64. The predicted octanol–water partition coefficient (Wildman–Crippen LogP) is 3.58. The van der Waals surface area contributed by atoms with Crippen molar-refractivity contribution in [3.05, 3.63) is 35.4 Å². The average Bonchev–Trinajstić information content (AvgIpc) is 2.91. The molecule has 1 spiro atoms. The minimum Gasteiger partial charge on any atom is -0.441 e. The van der Waals surface area contributed by atoms with E-state index in [0.29, 0.717) is 38.5 Å². The third kappa shape index (κ3) is 3.52. The average molecular weight is 366 g/mol. The van der Waals surface area contributed by atoms with Gasteiger partial charge in [0, 0.05) is 38.0 Å². The van der Waals surface area contributed by atoms with E-state index in [2.05, 4.69) is 6.92 Å². The molecule has 1 aromatic rings. The Morgan fingerprint density at radius 3 is 2.62 bits per heavy atom. The molecule has 2 amide bonds. The molecule has 142 valence electrons. The zero-order valence-electron chi connectivity index (χ0n) is 15.1. The maximum atomic E-state index is 13.9. The van der Waals surface area contributed by atoms with E-state index < -0.39 is 23.1 Å². The van der Waals surface area contributed by atoms with Crippen molar-refractivity contribution in [1.82, 2.24) is 9.80 Å². The summed E-state index contributed by atoms with van der Waals surface area (Å²) in [6, 6.07) is 3.08. The van der Waals surface area contributed by atoms with Crippen LogP contribution in [0.15, 0.2) is 18.2 Å². The van der Waals surface area contributed by atoms with Gasteiger partial charge < -0.3 is 14.5 Å². The number of halogens is 2. The molecule has 2 fully saturated rings. The van der Waals surface area contributed by atoms with Crippen molar-refractivity contribution in [3.63, 3.8) is 0 Å². The number of carbonyl (C=O) groups excluding carboxylic acids is 2. The van der Waals surface area contributed by atoms with Crippen molar-refractivity contribution >= 4 is 12.0 Å². The normalized spacial score (nSPS) is 20.4. The molecule has 26 heavy (non-hydrogen) atoms. The van der Waals surface area contributed by atoms with Gasteiger partial charge in [0.25, 0.3) is 5.91 Å². The van der Waals surface area contributed by atoms with E-state index >= 15 is 0 Å². The highest BCUT2D eigenvalue weighted by atomic mass is 19.1. The summed E-state index contributed by atoms with van der Waals surface area (Å²) in [6.07, 6.45) is 2.64. The molecule has 1 atom stereocenters. The van der Waals surface area contributed by atoms with Crippen molar-refractivity contribution in [2.24, 2.45) is 0 Å². The number of amides is 2. The first-order chi connectivity index (χ1) is 12.3. The molecule has 3 rings (SSSR count). The van der Waals surface area contributed by atoms with Gasteiger partial charge in [-0.05, 0) is 25.5 Å². The quantitative estimate of drug-likeness (QED) is 0.818. The fourth-order valence-electron chi connectivity index (χ4n) is 3.77. The van der Waals surface area contributed by atoms with Gasteiger partial charge in [0.2, 0.25) is 0 Å². The van der Waals surface area contributed by atoms with Crippen LogP contribution in [0.25, 0.3) is 0 Å². The Hall–Kier alpha value is -2.18. The number of nitrogens with zero attached hydrogens (tertiary/aromatic N) is 2. The van der Waals surface area contributed by atoms with E-state index in [0.717, 1.165) is 18.9 Å². The number of hydrogen-bond acceptors (Lipinski definition) is 3. The van der Waals surface area contributed by atoms with Gasteiger partial charge in [0.05, 0.1) is 12.1 Å². The lowest BCUT2D eigenvalue weighted by Crippen LogP contribution is -2.49. The van der Waals surface area contributed by atoms with Gasteiger partial charge in [-0.1, -0.05) is 13.3 Å². The molecule has 1 aromatic carbocycles. The van der Waals surface area contributed by atoms with Crippen LogP contribution in [0.3, 0.4) is 0 Å². The second kappa shape index (κ2) is 7.21. The standard InChI is InChI=1S/C19H24F2N2O3/c1-3-4-13(2)23-12-19(26-18(23)25)7-9-22(10-8-19)17(24)15-6-5-14(20)11-16(15)21/h5-6,11,13H,3-4,7-10,12H2,1-2H3/t13-/m0/s1. The Bertz CT molecular complexity index is 702. The fourth-order valence-corrected chi connectivity index (χ4v) is 3.77. The Kier molecular flexibility index (Phi) is 5.16. The van der Waals surface area contributed by atoms with Gasteiger partial charge >= 0.3 is 6.09 Å². The number of ether oxygens (including phenoxy) is 1. The SMILES string of the molecule is CCC[C@H](C)N1CC2(CCN(C(=O)c3ccc(F)cc3F)CC2)OC1=O. The van der Waals surface area contributed by atoms with Crippen molar-refractivity contribution in [1.29, 1.82) is 0 Å². The molecule has 2 saturated heterocycles. The minimum atomic E-state index is -0.859. The molecule has 2 aliphatic heterocycles. The summed E-state index contributed by atoms with van der Waals surface area (Å²) in [5.41, 5.74) is -0.707. The summed E-state index contributed by atoms with van der Waals surface area (Å²) < 4.78 is 32.5. The van der Waals surface area contributed by atoms with Crippen LogP contribution in [-0.2, 0) is 4.74 Å². The highest BCUT2D eigenvalue weighted by molar-refractivity contribution is 5.94. The molecular formula is C19H24F2N2O3. The number of rotatable bonds is 4. The summed E-state index contributed by atoms with van der Waals surface area (Å²) in [7, 11) is 0. The van der Waals surface area contributed by atoms with E-state index in [1.165, 1.54) is 11.0 Å². The van der Waals surface area contributed by atoms with Crippen molar-refractivity contribution in [2.75, 3.05) is 19.6 Å². The first-order valence-corrected chi connectivity index (χ1v) is 9.09. The highest BCUT2D eigenvalue weighted by Gasteiger charge is 2.48. The van der Waals surface area contributed by atoms with E-state index in [9.17, 15) is 18.4 Å². The molecule has 5 nitrogen and oxygen atoms in total. The summed E-state index contributed by atoms with van der Waals surface area (Å²) in [5.74, 6) is -2.03. The third-order valence-electron chi connectivity index (χ3n) is 5.36. The molecule has 0 saturated carbocycles. The van der Waals surface area contributed by atoms with Crippen LogP contribution in [0, 0.1) is 11.6 Å². The summed E-state index contributed by atoms with van der Waals surface area (Å²) in [6.45, 7) is 5.36. The summed E-state index contributed by atoms with van der Waals surface area (Å²) in [4.78, 5) is 28.0. The van der Waals surface area contributed by atoms with E-state index in [-0.39, 0.29) is 17.7 Å². The summed E-state index contributed by atoms with van der Waals surface area (Å²) in [5, 5.41) is 0. The van der Waals surface area contributed by atoms with Gasteiger partial charge in [-0.2, -0.15) is 0 Å². The molecule has 0 N–H and O–H groups in total. The van der Waals surface area contributed by atoms with Crippen LogP contribution in [-0.4, -0.2) is 53.1 Å². The Morgan fingerprint density at radius 2 is 2.00 bits per heavy atom. The zero-order chi connectivity index (χ0) is 18.9. The molecule has 0 aliphatic carbocycles. The smallest absolute Gasteiger partial charge is 0.410 e. The first-order valence-electron chi connectivity index (χ1n) is 9.09. The highest BCUT2D eigenvalue weighted by Crippen LogP contribution is 2.35. The Morgan fingerprint density at radius 1 is 1.31 bits per heavy atom. The topological polar surface area (TPSA) is 49.9 Å². The lowest BCUT2D eigenvalue weighted by Gasteiger charge is -2.37. The lowest BCUT2D eigenvalue weighted by atomic mass is 9.90. The van der Waals surface area contributed by atoms with Gasteiger partial charge in [-0.15, -0.1) is 0 Å². The maximum absolute atomic E-state index is 13.9. The minimum absolute atomic E-state index is 0.125. The molecular weight excluding hydrogens is 342 g/mol. The predicted molar refractivity (Wildman–Crippen MR) is 91.8 cm³/mol. The van der Waals surface area contributed by atoms with Crippen molar-refractivity contribution < 1.29 is 23.1 Å². The first kappa shape index (κ1) is 18.6. The number of carbonyl (C=O) groups is 2. The van der Waals surface area contributed by atoms with Crippen LogP contribution in [0.2, 0.25) is 0 Å². The lowest BCUT2D eigenvalue weighted by molar-refractivity contribution is 0.00295. The molecule has 0 bridgehead atoms. The van der Waals surface area contributed by atoms with Crippen LogP contribution in [0.1, 0.15) is 49.9 Å². The van der Waals surface area contributed by atoms with Crippen molar-refractivity contribution in [2.45, 2.75) is 51.2 Å². The molecule has 0 aromatic heterocycles. The molecule has 2 aliphatic rings. The molecule has 2 heterocycles. The Labute approximate surface area is 151 Å². The molecule has 0 radical (unpaired) electrons. The number of benzene rings is 1. The van der Waals surface area contributed by atoms with Gasteiger partial charge in [0.15, 0.2) is 0 Å². The molecule has 0 unspecified atom stereocenters. The molecule has 7 heteroatoms. The van der Waals surface area contributed by atoms with E-state index in [1.54, 1.807) is 4.90 Å². The van der Waals surface area contributed by atoms with Crippen LogP contribution in [0.5, 0.6) is 0 Å². The van der Waals surface area contributed by atoms with Crippen LogP contribution >= 0.6 is 0 Å². The van der Waals surface area contributed by atoms with E-state index in [4.69, 9.17) is 4.74 Å². The second-order valence-electron chi connectivity index (χ2n) is 7.23. The van der Waals surface area contributed by atoms with Gasteiger partial charge in [-0.25, -0.2) is 13.6 Å². The van der Waals surface area contributed by atoms with Gasteiger partial charge in [-0.3, -0.25) is 4.79 Å². The van der Waals surface area contributed by atoms with Gasteiger partial charge in [0.1, 0.15) is 17.2 Å². The fraction of sp³-hybridized carbons (Fsp3) is 0.579. The number of hydrogen-bond donors (Lipinski definition) is 0. The number of piperidine rings is 1. The van der Waals surface area contributed by atoms with Crippen molar-refractivity contribution in [3.8, 4) is 0 Å². The zero-order valence-corrected chi connectivity index (χ0v) is 15.1. The van der Waals surface area contributed by atoms with Crippen LogP contribution in [0.4, 0.5) is 13.6 Å². The number of likely N-dealkylation sites (tertiary alicyclic amines) is 1. The monoisotopic (exact) mass is 366 g/mol. The van der Waals surface area contributed by atoms with Crippen LogP contribution < -0.4 is 0 Å². The summed E-state index contributed by atoms with van der Waals surface area (Å²) >= 11 is 0.